The molecule has 0 aromatic carbocycles. The summed E-state index contributed by atoms with van der Waals surface area (Å²) in [7, 11) is 1.87. The predicted octanol–water partition coefficient (Wildman–Crippen LogP) is 0.820. The van der Waals surface area contributed by atoms with Gasteiger partial charge in [-0.15, -0.1) is 0 Å². The van der Waals surface area contributed by atoms with Crippen molar-refractivity contribution in [3.63, 3.8) is 0 Å². The van der Waals surface area contributed by atoms with Gasteiger partial charge in [0.15, 0.2) is 0 Å². The zero-order valence-electron chi connectivity index (χ0n) is 11.0. The molecule has 0 radical (unpaired) electrons. The minimum atomic E-state index is -0.0109. The van der Waals surface area contributed by atoms with Crippen molar-refractivity contribution in [3.8, 4) is 0 Å². The lowest BCUT2D eigenvalue weighted by Gasteiger charge is -2.24. The van der Waals surface area contributed by atoms with Crippen LogP contribution in [-0.4, -0.2) is 39.7 Å². The third-order valence-corrected chi connectivity index (χ3v) is 2.92. The van der Waals surface area contributed by atoms with Crippen LogP contribution in [0.15, 0.2) is 0 Å². The average molecular weight is 241 g/mol. The standard InChI is InChI=1S/C12H23N3O2/c1-4-5-6-15(7-8-16)12-11(9-17)10(2)13-14(12)3/h16-17H,4-9H2,1-3H3. The fraction of sp³-hybridized carbons (Fsp3) is 0.750. The highest BCUT2D eigenvalue weighted by atomic mass is 16.3. The van der Waals surface area contributed by atoms with Crippen LogP contribution in [0.2, 0.25) is 0 Å². The summed E-state index contributed by atoms with van der Waals surface area (Å²) in [5, 5.41) is 22.9. The van der Waals surface area contributed by atoms with Crippen LogP contribution in [0, 0.1) is 6.92 Å². The van der Waals surface area contributed by atoms with E-state index >= 15 is 0 Å². The molecule has 0 amide bonds. The highest BCUT2D eigenvalue weighted by Crippen LogP contribution is 2.23. The number of unbranched alkanes of at least 4 members (excludes halogenated alkanes) is 1. The maximum absolute atomic E-state index is 9.41. The Bertz CT molecular complexity index is 350. The molecular weight excluding hydrogens is 218 g/mol. The largest absolute Gasteiger partial charge is 0.395 e. The number of hydrogen-bond donors (Lipinski definition) is 2. The first-order valence-corrected chi connectivity index (χ1v) is 6.14. The molecule has 98 valence electrons. The summed E-state index contributed by atoms with van der Waals surface area (Å²) in [6.07, 6.45) is 2.17. The van der Waals surface area contributed by atoms with Crippen LogP contribution < -0.4 is 4.90 Å². The number of hydrogen-bond acceptors (Lipinski definition) is 4. The second-order valence-corrected chi connectivity index (χ2v) is 4.23. The summed E-state index contributed by atoms with van der Waals surface area (Å²) in [4.78, 5) is 2.09. The molecular formula is C12H23N3O2. The highest BCUT2D eigenvalue weighted by Gasteiger charge is 2.17. The molecule has 17 heavy (non-hydrogen) atoms. The summed E-state index contributed by atoms with van der Waals surface area (Å²) in [6.45, 7) is 5.58. The fourth-order valence-electron chi connectivity index (χ4n) is 2.06. The van der Waals surface area contributed by atoms with Crippen molar-refractivity contribution in [2.24, 2.45) is 7.05 Å². The van der Waals surface area contributed by atoms with E-state index in [2.05, 4.69) is 16.9 Å². The van der Waals surface area contributed by atoms with Crippen LogP contribution in [-0.2, 0) is 13.7 Å². The molecule has 0 aliphatic rings. The Morgan fingerprint density at radius 3 is 2.53 bits per heavy atom. The quantitative estimate of drug-likeness (QED) is 0.742. The number of aromatic nitrogens is 2. The molecule has 1 rings (SSSR count). The lowest BCUT2D eigenvalue weighted by Crippen LogP contribution is -2.30. The lowest BCUT2D eigenvalue weighted by molar-refractivity contribution is 0.279. The number of anilines is 1. The van der Waals surface area contributed by atoms with Gasteiger partial charge < -0.3 is 15.1 Å². The summed E-state index contributed by atoms with van der Waals surface area (Å²) in [5.41, 5.74) is 1.71. The van der Waals surface area contributed by atoms with Crippen molar-refractivity contribution in [2.45, 2.75) is 33.3 Å². The van der Waals surface area contributed by atoms with Gasteiger partial charge in [0.25, 0.3) is 0 Å². The predicted molar refractivity (Wildman–Crippen MR) is 68.1 cm³/mol. The molecule has 1 aromatic heterocycles. The Balaban J connectivity index is 2.99. The van der Waals surface area contributed by atoms with E-state index in [1.165, 1.54) is 0 Å². The Labute approximate surface area is 103 Å². The van der Waals surface area contributed by atoms with Crippen molar-refractivity contribution in [1.82, 2.24) is 9.78 Å². The maximum Gasteiger partial charge on any atom is 0.132 e. The van der Waals surface area contributed by atoms with Crippen molar-refractivity contribution >= 4 is 5.82 Å². The van der Waals surface area contributed by atoms with Gasteiger partial charge in [-0.2, -0.15) is 5.10 Å². The Kier molecular flexibility index (Phi) is 5.44. The molecule has 0 unspecified atom stereocenters. The smallest absolute Gasteiger partial charge is 0.132 e. The van der Waals surface area contributed by atoms with Crippen LogP contribution in [0.1, 0.15) is 31.0 Å². The monoisotopic (exact) mass is 241 g/mol. The van der Waals surface area contributed by atoms with E-state index in [1.54, 1.807) is 4.68 Å². The lowest BCUT2D eigenvalue weighted by atomic mass is 10.2. The van der Waals surface area contributed by atoms with Gasteiger partial charge in [-0.05, 0) is 13.3 Å². The first-order valence-electron chi connectivity index (χ1n) is 6.14. The number of aliphatic hydroxyl groups is 2. The second kappa shape index (κ2) is 6.61. The van der Waals surface area contributed by atoms with Gasteiger partial charge in [-0.3, -0.25) is 4.68 Å². The average Bonchev–Trinajstić information content (AvgIpc) is 2.59. The van der Waals surface area contributed by atoms with Crippen LogP contribution in [0.3, 0.4) is 0 Å². The van der Waals surface area contributed by atoms with E-state index in [1.807, 2.05) is 14.0 Å². The van der Waals surface area contributed by atoms with E-state index in [4.69, 9.17) is 5.11 Å². The topological polar surface area (TPSA) is 61.5 Å². The molecule has 0 saturated carbocycles. The first-order chi connectivity index (χ1) is 8.15. The normalized spacial score (nSPS) is 10.9. The molecule has 0 spiro atoms. The van der Waals surface area contributed by atoms with Gasteiger partial charge in [-0.25, -0.2) is 0 Å². The molecule has 5 nitrogen and oxygen atoms in total. The zero-order valence-corrected chi connectivity index (χ0v) is 11.0. The molecule has 1 aromatic rings. The molecule has 0 aliphatic carbocycles. The first kappa shape index (κ1) is 14.0. The summed E-state index contributed by atoms with van der Waals surface area (Å²) in [5.74, 6) is 0.924. The summed E-state index contributed by atoms with van der Waals surface area (Å²) >= 11 is 0. The van der Waals surface area contributed by atoms with E-state index < -0.39 is 0 Å². The number of aliphatic hydroxyl groups excluding tert-OH is 2. The van der Waals surface area contributed by atoms with Crippen molar-refractivity contribution in [1.29, 1.82) is 0 Å². The minimum absolute atomic E-state index is 0.0109. The highest BCUT2D eigenvalue weighted by molar-refractivity contribution is 5.49. The summed E-state index contributed by atoms with van der Waals surface area (Å²) < 4.78 is 1.78. The van der Waals surface area contributed by atoms with E-state index in [-0.39, 0.29) is 13.2 Å². The molecule has 0 fully saturated rings. The van der Waals surface area contributed by atoms with E-state index in [0.717, 1.165) is 36.5 Å². The minimum Gasteiger partial charge on any atom is -0.395 e. The summed E-state index contributed by atoms with van der Waals surface area (Å²) in [6, 6.07) is 0. The van der Waals surface area contributed by atoms with Gasteiger partial charge >= 0.3 is 0 Å². The van der Waals surface area contributed by atoms with Crippen molar-refractivity contribution in [3.05, 3.63) is 11.3 Å². The van der Waals surface area contributed by atoms with Crippen LogP contribution in [0.5, 0.6) is 0 Å². The molecule has 1 heterocycles. The number of nitrogens with zero attached hydrogens (tertiary/aromatic N) is 3. The number of aryl methyl sites for hydroxylation is 2. The van der Waals surface area contributed by atoms with Gasteiger partial charge in [0.2, 0.25) is 0 Å². The number of rotatable bonds is 7. The third-order valence-electron chi connectivity index (χ3n) is 2.92. The maximum atomic E-state index is 9.41. The second-order valence-electron chi connectivity index (χ2n) is 4.23. The third kappa shape index (κ3) is 3.20. The molecule has 0 atom stereocenters. The van der Waals surface area contributed by atoms with Gasteiger partial charge in [0.1, 0.15) is 5.82 Å². The molecule has 0 saturated heterocycles. The van der Waals surface area contributed by atoms with Gasteiger partial charge in [0, 0.05) is 25.7 Å². The Morgan fingerprint density at radius 1 is 1.29 bits per heavy atom. The van der Waals surface area contributed by atoms with Crippen molar-refractivity contribution in [2.75, 3.05) is 24.6 Å². The SMILES string of the molecule is CCCCN(CCO)c1c(CO)c(C)nn1C. The van der Waals surface area contributed by atoms with Crippen LogP contribution >= 0.6 is 0 Å². The van der Waals surface area contributed by atoms with Crippen LogP contribution in [0.4, 0.5) is 5.82 Å². The molecule has 0 bridgehead atoms. The van der Waals surface area contributed by atoms with E-state index in [0.29, 0.717) is 6.54 Å². The molecule has 2 N–H and O–H groups in total. The van der Waals surface area contributed by atoms with Crippen LogP contribution in [0.25, 0.3) is 0 Å². The zero-order chi connectivity index (χ0) is 12.8. The van der Waals surface area contributed by atoms with Gasteiger partial charge in [0.05, 0.1) is 18.9 Å². The van der Waals surface area contributed by atoms with Crippen molar-refractivity contribution < 1.29 is 10.2 Å². The Morgan fingerprint density at radius 2 is 2.00 bits per heavy atom. The molecule has 5 heteroatoms. The van der Waals surface area contributed by atoms with E-state index in [9.17, 15) is 5.11 Å². The fourth-order valence-corrected chi connectivity index (χ4v) is 2.06. The Hall–Kier alpha value is -1.07. The van der Waals surface area contributed by atoms with Gasteiger partial charge in [-0.1, -0.05) is 13.3 Å². The molecule has 0 aliphatic heterocycles.